The van der Waals surface area contributed by atoms with Crippen LogP contribution >= 0.6 is 0 Å². The Morgan fingerprint density at radius 1 is 1.32 bits per heavy atom. The van der Waals surface area contributed by atoms with Crippen molar-refractivity contribution >= 4 is 17.3 Å². The summed E-state index contributed by atoms with van der Waals surface area (Å²) in [5, 5.41) is 14.7. The van der Waals surface area contributed by atoms with Crippen LogP contribution in [-0.2, 0) is 4.79 Å². The SMILES string of the molecule is O=C(Nc1c(F)cccc1NC1CC1)C(F)(F)C1(O)CCC1. The highest BCUT2D eigenvalue weighted by atomic mass is 19.3. The second-order valence-electron chi connectivity index (χ2n) is 5.99. The van der Waals surface area contributed by atoms with Crippen LogP contribution in [-0.4, -0.2) is 28.6 Å². The number of carbonyl (C=O) groups is 1. The number of carbonyl (C=O) groups excluding carboxylic acids is 1. The first-order valence-corrected chi connectivity index (χ1v) is 7.30. The molecule has 0 atom stereocenters. The molecule has 2 saturated carbocycles. The van der Waals surface area contributed by atoms with Crippen molar-refractivity contribution in [3.63, 3.8) is 0 Å². The lowest BCUT2D eigenvalue weighted by Gasteiger charge is -2.41. The van der Waals surface area contributed by atoms with Gasteiger partial charge in [-0.15, -0.1) is 0 Å². The molecule has 0 unspecified atom stereocenters. The van der Waals surface area contributed by atoms with E-state index in [1.54, 1.807) is 0 Å². The second kappa shape index (κ2) is 5.15. The van der Waals surface area contributed by atoms with Gasteiger partial charge in [-0.1, -0.05) is 6.07 Å². The van der Waals surface area contributed by atoms with Crippen LogP contribution in [0.1, 0.15) is 32.1 Å². The molecule has 0 aromatic heterocycles. The number of para-hydroxylation sites is 1. The summed E-state index contributed by atoms with van der Waals surface area (Å²) < 4.78 is 42.0. The molecule has 2 fully saturated rings. The van der Waals surface area contributed by atoms with Crippen LogP contribution in [0.5, 0.6) is 0 Å². The summed E-state index contributed by atoms with van der Waals surface area (Å²) in [6.45, 7) is 0. The van der Waals surface area contributed by atoms with Crippen molar-refractivity contribution < 1.29 is 23.1 Å². The molecule has 1 amide bonds. The van der Waals surface area contributed by atoms with E-state index in [0.717, 1.165) is 18.9 Å². The highest BCUT2D eigenvalue weighted by Crippen LogP contribution is 2.45. The summed E-state index contributed by atoms with van der Waals surface area (Å²) in [5.41, 5.74) is -2.36. The number of aliphatic hydroxyl groups is 1. The van der Waals surface area contributed by atoms with Gasteiger partial charge in [-0.3, -0.25) is 4.79 Å². The van der Waals surface area contributed by atoms with E-state index in [0.29, 0.717) is 6.42 Å². The van der Waals surface area contributed by atoms with Crippen LogP contribution in [0, 0.1) is 5.82 Å². The fourth-order valence-corrected chi connectivity index (χ4v) is 2.45. The van der Waals surface area contributed by atoms with Crippen LogP contribution in [0.3, 0.4) is 0 Å². The molecule has 0 heterocycles. The van der Waals surface area contributed by atoms with Gasteiger partial charge in [0, 0.05) is 6.04 Å². The molecular weight excluding hydrogens is 297 g/mol. The Kier molecular flexibility index (Phi) is 3.55. The summed E-state index contributed by atoms with van der Waals surface area (Å²) in [7, 11) is 0. The standard InChI is InChI=1S/C15H17F3N2O2/c16-10-3-1-4-11(19-9-5-6-9)12(10)20-13(21)15(17,18)14(22)7-2-8-14/h1,3-4,9,19,22H,2,5-8H2,(H,20,21). The fourth-order valence-electron chi connectivity index (χ4n) is 2.45. The number of amides is 1. The normalized spacial score (nSPS) is 20.2. The minimum Gasteiger partial charge on any atom is -0.383 e. The molecule has 2 aliphatic rings. The van der Waals surface area contributed by atoms with Gasteiger partial charge in [-0.05, 0) is 44.2 Å². The molecule has 4 nitrogen and oxygen atoms in total. The van der Waals surface area contributed by atoms with Gasteiger partial charge in [0.2, 0.25) is 0 Å². The van der Waals surface area contributed by atoms with E-state index in [1.165, 1.54) is 12.1 Å². The summed E-state index contributed by atoms with van der Waals surface area (Å²) >= 11 is 0. The van der Waals surface area contributed by atoms with Crippen LogP contribution in [0.15, 0.2) is 18.2 Å². The van der Waals surface area contributed by atoms with Gasteiger partial charge in [-0.25, -0.2) is 4.39 Å². The van der Waals surface area contributed by atoms with Crippen molar-refractivity contribution in [1.82, 2.24) is 0 Å². The Morgan fingerprint density at radius 2 is 2.00 bits per heavy atom. The third kappa shape index (κ3) is 2.54. The summed E-state index contributed by atoms with van der Waals surface area (Å²) in [5.74, 6) is -6.43. The predicted octanol–water partition coefficient (Wildman–Crippen LogP) is 2.89. The molecule has 1 aromatic carbocycles. The Labute approximate surface area is 125 Å². The van der Waals surface area contributed by atoms with Gasteiger partial charge in [0.25, 0.3) is 5.91 Å². The maximum Gasteiger partial charge on any atom is 0.352 e. The molecule has 0 radical (unpaired) electrons. The first-order valence-electron chi connectivity index (χ1n) is 7.30. The average Bonchev–Trinajstić information content (AvgIpc) is 3.23. The highest BCUT2D eigenvalue weighted by Gasteiger charge is 2.61. The topological polar surface area (TPSA) is 61.4 Å². The van der Waals surface area contributed by atoms with E-state index in [9.17, 15) is 23.1 Å². The number of hydrogen-bond acceptors (Lipinski definition) is 3. The van der Waals surface area contributed by atoms with Crippen molar-refractivity contribution in [1.29, 1.82) is 0 Å². The van der Waals surface area contributed by atoms with Crippen molar-refractivity contribution in [2.75, 3.05) is 10.6 Å². The zero-order chi connectivity index (χ0) is 16.0. The van der Waals surface area contributed by atoms with E-state index in [1.807, 2.05) is 5.32 Å². The molecule has 120 valence electrons. The third-order valence-electron chi connectivity index (χ3n) is 4.24. The molecule has 0 spiro atoms. The lowest BCUT2D eigenvalue weighted by molar-refractivity contribution is -0.212. The number of anilines is 2. The van der Waals surface area contributed by atoms with Gasteiger partial charge < -0.3 is 15.7 Å². The number of alkyl halides is 2. The average molecular weight is 314 g/mol. The minimum atomic E-state index is -3.95. The van der Waals surface area contributed by atoms with Crippen molar-refractivity contribution in [2.45, 2.75) is 49.7 Å². The predicted molar refractivity (Wildman–Crippen MR) is 75.4 cm³/mol. The van der Waals surface area contributed by atoms with Crippen molar-refractivity contribution in [2.24, 2.45) is 0 Å². The number of nitrogens with one attached hydrogen (secondary N) is 2. The van der Waals surface area contributed by atoms with Gasteiger partial charge >= 0.3 is 5.92 Å². The molecule has 0 bridgehead atoms. The summed E-state index contributed by atoms with van der Waals surface area (Å²) in [6.07, 6.45) is 1.99. The fraction of sp³-hybridized carbons (Fsp3) is 0.533. The second-order valence-corrected chi connectivity index (χ2v) is 5.99. The Hall–Kier alpha value is -1.76. The van der Waals surface area contributed by atoms with Crippen LogP contribution < -0.4 is 10.6 Å². The molecule has 0 saturated heterocycles. The summed E-state index contributed by atoms with van der Waals surface area (Å²) in [6, 6.07) is 4.22. The molecule has 2 aliphatic carbocycles. The zero-order valence-electron chi connectivity index (χ0n) is 11.8. The van der Waals surface area contributed by atoms with Gasteiger partial charge in [0.15, 0.2) is 0 Å². The first kappa shape index (κ1) is 15.1. The Balaban J connectivity index is 1.81. The maximum absolute atomic E-state index is 14.1. The number of halogens is 3. The van der Waals surface area contributed by atoms with E-state index < -0.39 is 23.2 Å². The number of hydrogen-bond donors (Lipinski definition) is 3. The Morgan fingerprint density at radius 3 is 2.55 bits per heavy atom. The summed E-state index contributed by atoms with van der Waals surface area (Å²) in [4.78, 5) is 11.9. The highest BCUT2D eigenvalue weighted by molar-refractivity contribution is 5.99. The maximum atomic E-state index is 14.1. The molecule has 1 aromatic rings. The van der Waals surface area contributed by atoms with E-state index in [2.05, 4.69) is 5.32 Å². The largest absolute Gasteiger partial charge is 0.383 e. The van der Waals surface area contributed by atoms with Crippen molar-refractivity contribution in [3.05, 3.63) is 24.0 Å². The third-order valence-corrected chi connectivity index (χ3v) is 4.24. The molecule has 7 heteroatoms. The monoisotopic (exact) mass is 314 g/mol. The first-order chi connectivity index (χ1) is 10.3. The molecule has 3 N–H and O–H groups in total. The van der Waals surface area contributed by atoms with Gasteiger partial charge in [-0.2, -0.15) is 8.78 Å². The van der Waals surface area contributed by atoms with Crippen LogP contribution in [0.2, 0.25) is 0 Å². The molecule has 3 rings (SSSR count). The quantitative estimate of drug-likeness (QED) is 0.783. The van der Waals surface area contributed by atoms with Crippen molar-refractivity contribution in [3.8, 4) is 0 Å². The van der Waals surface area contributed by atoms with E-state index in [4.69, 9.17) is 0 Å². The van der Waals surface area contributed by atoms with Crippen LogP contribution in [0.25, 0.3) is 0 Å². The molecule has 0 aliphatic heterocycles. The van der Waals surface area contributed by atoms with E-state index in [-0.39, 0.29) is 30.3 Å². The lowest BCUT2D eigenvalue weighted by atomic mass is 9.75. The lowest BCUT2D eigenvalue weighted by Crippen LogP contribution is -2.59. The zero-order valence-corrected chi connectivity index (χ0v) is 11.8. The molecular formula is C15H17F3N2O2. The van der Waals surface area contributed by atoms with Gasteiger partial charge in [0.1, 0.15) is 17.1 Å². The van der Waals surface area contributed by atoms with E-state index >= 15 is 0 Å². The molecule has 22 heavy (non-hydrogen) atoms. The van der Waals surface area contributed by atoms with Crippen LogP contribution in [0.4, 0.5) is 24.5 Å². The number of rotatable bonds is 5. The minimum absolute atomic E-state index is 0.141. The number of benzene rings is 1. The smallest absolute Gasteiger partial charge is 0.352 e. The Bertz CT molecular complexity index is 598. The van der Waals surface area contributed by atoms with Gasteiger partial charge in [0.05, 0.1) is 5.69 Å².